The van der Waals surface area contributed by atoms with Gasteiger partial charge in [-0.2, -0.15) is 0 Å². The van der Waals surface area contributed by atoms with E-state index in [4.69, 9.17) is 0 Å². The van der Waals surface area contributed by atoms with E-state index in [1.54, 1.807) is 18.2 Å². The van der Waals surface area contributed by atoms with Crippen LogP contribution in [0, 0.1) is 0 Å². The lowest BCUT2D eigenvalue weighted by molar-refractivity contribution is 0.251. The summed E-state index contributed by atoms with van der Waals surface area (Å²) < 4.78 is 23.9. The van der Waals surface area contributed by atoms with Gasteiger partial charge in [0.2, 0.25) is 0 Å². The van der Waals surface area contributed by atoms with Crippen molar-refractivity contribution in [3.8, 4) is 0 Å². The monoisotopic (exact) mass is 330 g/mol. The van der Waals surface area contributed by atoms with Crippen LogP contribution < -0.4 is 10.6 Å². The molecule has 0 saturated heterocycles. The molecule has 2 aromatic carbocycles. The fraction of sp³-hybridized carbons (Fsp3) is 0.235. The van der Waals surface area contributed by atoms with Crippen molar-refractivity contribution < 1.29 is 13.2 Å². The lowest BCUT2D eigenvalue weighted by Gasteiger charge is -2.17. The first-order valence-electron chi connectivity index (χ1n) is 7.49. The van der Waals surface area contributed by atoms with Gasteiger partial charge >= 0.3 is 6.03 Å². The lowest BCUT2D eigenvalue weighted by atomic mass is 10.1. The number of rotatable bonds is 3. The number of urea groups is 1. The first-order valence-corrected chi connectivity index (χ1v) is 9.14. The van der Waals surface area contributed by atoms with E-state index in [-0.39, 0.29) is 11.8 Å². The molecule has 0 fully saturated rings. The smallest absolute Gasteiger partial charge is 0.319 e. The molecule has 0 spiro atoms. The number of fused-ring (bicyclic) bond motifs is 1. The van der Waals surface area contributed by atoms with Gasteiger partial charge in [-0.05, 0) is 42.2 Å². The number of hydrogen-bond donors (Lipinski definition) is 2. The van der Waals surface area contributed by atoms with Crippen LogP contribution in [0.4, 0.5) is 10.5 Å². The third-order valence-electron chi connectivity index (χ3n) is 3.81. The predicted molar refractivity (Wildman–Crippen MR) is 89.1 cm³/mol. The summed E-state index contributed by atoms with van der Waals surface area (Å²) in [5, 5.41) is 5.52. The second kappa shape index (κ2) is 6.42. The molecule has 2 aromatic rings. The van der Waals surface area contributed by atoms with Gasteiger partial charge in [-0.1, -0.05) is 30.3 Å². The fourth-order valence-electron chi connectivity index (χ4n) is 2.67. The van der Waals surface area contributed by atoms with E-state index >= 15 is 0 Å². The van der Waals surface area contributed by atoms with Crippen LogP contribution >= 0.6 is 0 Å². The number of nitrogens with one attached hydrogen (secondary N) is 2. The Hall–Kier alpha value is -2.34. The number of carbonyl (C=O) groups is 1. The number of anilines is 1. The molecule has 6 heteroatoms. The minimum Gasteiger partial charge on any atom is -0.334 e. The van der Waals surface area contributed by atoms with Crippen molar-refractivity contribution in [1.29, 1.82) is 0 Å². The molecule has 0 bridgehead atoms. The quantitative estimate of drug-likeness (QED) is 0.908. The highest BCUT2D eigenvalue weighted by molar-refractivity contribution is 7.91. The Kier molecular flexibility index (Phi) is 4.34. The molecule has 0 radical (unpaired) electrons. The summed E-state index contributed by atoms with van der Waals surface area (Å²) in [5.41, 5.74) is 2.39. The van der Waals surface area contributed by atoms with E-state index in [2.05, 4.69) is 10.6 Å². The summed E-state index contributed by atoms with van der Waals surface area (Å²) >= 11 is 0. The van der Waals surface area contributed by atoms with Crippen LogP contribution in [0.5, 0.6) is 0 Å². The maximum absolute atomic E-state index is 12.0. The molecule has 2 amide bonds. The van der Waals surface area contributed by atoms with Crippen LogP contribution in [-0.2, 0) is 22.8 Å². The molecule has 5 nitrogen and oxygen atoms in total. The van der Waals surface area contributed by atoms with Crippen LogP contribution in [0.3, 0.4) is 0 Å². The van der Waals surface area contributed by atoms with E-state index < -0.39 is 9.84 Å². The van der Waals surface area contributed by atoms with Crippen LogP contribution in [0.25, 0.3) is 0 Å². The maximum Gasteiger partial charge on any atom is 0.319 e. The Morgan fingerprint density at radius 1 is 1.09 bits per heavy atom. The largest absolute Gasteiger partial charge is 0.334 e. The highest BCUT2D eigenvalue weighted by Crippen LogP contribution is 2.27. The lowest BCUT2D eigenvalue weighted by Crippen LogP contribution is -2.28. The highest BCUT2D eigenvalue weighted by Gasteiger charge is 2.23. The van der Waals surface area contributed by atoms with Crippen LogP contribution in [-0.4, -0.2) is 20.2 Å². The van der Waals surface area contributed by atoms with Gasteiger partial charge in [0.1, 0.15) is 0 Å². The minimum atomic E-state index is -3.16. The Labute approximate surface area is 135 Å². The van der Waals surface area contributed by atoms with Crippen LogP contribution in [0.2, 0.25) is 0 Å². The third-order valence-corrected chi connectivity index (χ3v) is 5.70. The van der Waals surface area contributed by atoms with Crippen LogP contribution in [0.15, 0.2) is 53.4 Å². The van der Waals surface area contributed by atoms with E-state index in [1.165, 1.54) is 0 Å². The average molecular weight is 330 g/mol. The molecular formula is C17H18N2O3S. The van der Waals surface area contributed by atoms with Gasteiger partial charge in [0, 0.05) is 12.2 Å². The molecule has 23 heavy (non-hydrogen) atoms. The maximum atomic E-state index is 12.0. The summed E-state index contributed by atoms with van der Waals surface area (Å²) in [5.74, 6) is 0.199. The van der Waals surface area contributed by atoms with Gasteiger partial charge in [-0.15, -0.1) is 0 Å². The SMILES string of the molecule is O=C(NCc1ccccc1)Nc1ccc2c(c1)CCCS2(=O)=O. The molecule has 0 saturated carbocycles. The van der Waals surface area contributed by atoms with Crippen molar-refractivity contribution in [1.82, 2.24) is 5.32 Å². The Balaban J connectivity index is 1.65. The van der Waals surface area contributed by atoms with Gasteiger partial charge in [-0.3, -0.25) is 0 Å². The number of aryl methyl sites for hydroxylation is 1. The number of sulfone groups is 1. The van der Waals surface area contributed by atoms with Crippen molar-refractivity contribution in [3.05, 3.63) is 59.7 Å². The van der Waals surface area contributed by atoms with Crippen molar-refractivity contribution in [2.45, 2.75) is 24.3 Å². The normalized spacial score (nSPS) is 15.5. The average Bonchev–Trinajstić information content (AvgIpc) is 2.53. The summed E-state index contributed by atoms with van der Waals surface area (Å²) in [6.45, 7) is 0.437. The Bertz CT molecular complexity index is 817. The molecule has 0 atom stereocenters. The molecule has 1 heterocycles. The Morgan fingerprint density at radius 2 is 1.87 bits per heavy atom. The topological polar surface area (TPSA) is 75.3 Å². The zero-order chi connectivity index (χ0) is 16.3. The van der Waals surface area contributed by atoms with Gasteiger partial charge in [0.25, 0.3) is 0 Å². The van der Waals surface area contributed by atoms with E-state index in [0.29, 0.717) is 23.5 Å². The van der Waals surface area contributed by atoms with E-state index in [1.807, 2.05) is 30.3 Å². The van der Waals surface area contributed by atoms with Crippen molar-refractivity contribution >= 4 is 21.6 Å². The number of amides is 2. The van der Waals surface area contributed by atoms with Gasteiger partial charge < -0.3 is 10.6 Å². The number of carbonyl (C=O) groups excluding carboxylic acids is 1. The number of hydrogen-bond acceptors (Lipinski definition) is 3. The molecule has 120 valence electrons. The minimum absolute atomic E-state index is 0.199. The number of benzene rings is 2. The van der Waals surface area contributed by atoms with Crippen LogP contribution in [0.1, 0.15) is 17.5 Å². The predicted octanol–water partition coefficient (Wildman–Crippen LogP) is 2.73. The second-order valence-electron chi connectivity index (χ2n) is 5.54. The van der Waals surface area contributed by atoms with Crippen molar-refractivity contribution in [2.24, 2.45) is 0 Å². The molecule has 1 aliphatic heterocycles. The molecule has 3 rings (SSSR count). The summed E-state index contributed by atoms with van der Waals surface area (Å²) in [6.07, 6.45) is 1.34. The van der Waals surface area contributed by atoms with Crippen molar-refractivity contribution in [3.63, 3.8) is 0 Å². The fourth-order valence-corrected chi connectivity index (χ4v) is 4.25. The molecule has 0 unspecified atom stereocenters. The van der Waals surface area contributed by atoms with E-state index in [0.717, 1.165) is 17.5 Å². The highest BCUT2D eigenvalue weighted by atomic mass is 32.2. The zero-order valence-corrected chi connectivity index (χ0v) is 13.4. The van der Waals surface area contributed by atoms with E-state index in [9.17, 15) is 13.2 Å². The van der Waals surface area contributed by atoms with Gasteiger partial charge in [-0.25, -0.2) is 13.2 Å². The molecular weight excluding hydrogens is 312 g/mol. The summed E-state index contributed by atoms with van der Waals surface area (Å²) in [6, 6.07) is 14.3. The second-order valence-corrected chi connectivity index (χ2v) is 7.62. The Morgan fingerprint density at radius 3 is 2.65 bits per heavy atom. The molecule has 0 aliphatic carbocycles. The van der Waals surface area contributed by atoms with Gasteiger partial charge in [0.05, 0.1) is 10.6 Å². The molecule has 1 aliphatic rings. The summed E-state index contributed by atoms with van der Waals surface area (Å²) in [4.78, 5) is 12.3. The van der Waals surface area contributed by atoms with Crippen molar-refractivity contribution in [2.75, 3.05) is 11.1 Å². The molecule has 0 aromatic heterocycles. The summed E-state index contributed by atoms with van der Waals surface area (Å²) in [7, 11) is -3.16. The first kappa shape index (κ1) is 15.6. The first-order chi connectivity index (χ1) is 11.0. The third kappa shape index (κ3) is 3.71. The van der Waals surface area contributed by atoms with Gasteiger partial charge in [0.15, 0.2) is 9.84 Å². The molecule has 2 N–H and O–H groups in total. The standard InChI is InChI=1S/C17H18N2O3S/c20-17(18-12-13-5-2-1-3-6-13)19-15-8-9-16-14(11-15)7-4-10-23(16,21)22/h1-3,5-6,8-9,11H,4,7,10,12H2,(H2,18,19,20). The zero-order valence-electron chi connectivity index (χ0n) is 12.6.